The van der Waals surface area contributed by atoms with Gasteiger partial charge in [0.05, 0.1) is 21.8 Å². The Balaban J connectivity index is 1.63. The predicted molar refractivity (Wildman–Crippen MR) is 114 cm³/mol. The van der Waals surface area contributed by atoms with Crippen LogP contribution < -0.4 is 0 Å². The molecule has 0 radical (unpaired) electrons. The molecule has 1 unspecified atom stereocenters. The molecule has 2 aromatic rings. The van der Waals surface area contributed by atoms with Gasteiger partial charge in [0.25, 0.3) is 10.1 Å². The number of benzene rings is 2. The maximum Gasteiger partial charge on any atom is 0.297 e. The number of ether oxygens (including phenoxy) is 3. The van der Waals surface area contributed by atoms with Crippen LogP contribution in [0.5, 0.6) is 0 Å². The number of hydrogen-bond acceptors (Lipinski definition) is 7. The first kappa shape index (κ1) is 22.6. The Hall–Kier alpha value is -1.62. The molecule has 168 valence electrons. The van der Waals surface area contributed by atoms with Gasteiger partial charge in [-0.25, -0.2) is 0 Å². The van der Waals surface area contributed by atoms with Crippen molar-refractivity contribution < 1.29 is 31.0 Å². The molecule has 4 rings (SSSR count). The van der Waals surface area contributed by atoms with Crippen LogP contribution in [-0.4, -0.2) is 48.3 Å². The third kappa shape index (κ3) is 4.62. The third-order valence-corrected chi connectivity index (χ3v) is 8.16. The van der Waals surface area contributed by atoms with E-state index in [1.807, 2.05) is 13.0 Å². The van der Waals surface area contributed by atoms with Gasteiger partial charge in [-0.15, -0.1) is 0 Å². The second kappa shape index (κ2) is 8.38. The summed E-state index contributed by atoms with van der Waals surface area (Å²) in [6.45, 7) is 7.02. The average Bonchev–Trinajstić information content (AvgIpc) is 3.05. The molecular weight excluding hydrogens is 440 g/mol. The Bertz CT molecular complexity index is 1050. The van der Waals surface area contributed by atoms with Gasteiger partial charge in [-0.3, -0.25) is 8.39 Å². The molecule has 7 nitrogen and oxygen atoms in total. The zero-order chi connectivity index (χ0) is 22.4. The Morgan fingerprint density at radius 2 is 1.58 bits per heavy atom. The Labute approximate surface area is 185 Å². The van der Waals surface area contributed by atoms with Crippen molar-refractivity contribution in [1.29, 1.82) is 0 Å². The van der Waals surface area contributed by atoms with Crippen LogP contribution in [0.1, 0.15) is 26.3 Å². The lowest BCUT2D eigenvalue weighted by Crippen LogP contribution is -2.57. The molecule has 6 atom stereocenters. The zero-order valence-electron chi connectivity index (χ0n) is 17.8. The Kier molecular flexibility index (Phi) is 6.10. The van der Waals surface area contributed by atoms with Crippen LogP contribution in [0.3, 0.4) is 0 Å². The van der Waals surface area contributed by atoms with E-state index < -0.39 is 56.6 Å². The van der Waals surface area contributed by atoms with Crippen molar-refractivity contribution in [2.24, 2.45) is 0 Å². The molecule has 31 heavy (non-hydrogen) atoms. The minimum atomic E-state index is -4.07. The van der Waals surface area contributed by atoms with E-state index >= 15 is 0 Å². The van der Waals surface area contributed by atoms with Gasteiger partial charge in [0, 0.05) is 4.90 Å². The zero-order valence-corrected chi connectivity index (χ0v) is 19.4. The van der Waals surface area contributed by atoms with Crippen LogP contribution >= 0.6 is 0 Å². The maximum absolute atomic E-state index is 13.2. The largest absolute Gasteiger partial charge is 0.356 e. The van der Waals surface area contributed by atoms with Crippen LogP contribution in [-0.2, 0) is 39.3 Å². The van der Waals surface area contributed by atoms with Crippen molar-refractivity contribution in [3.05, 3.63) is 60.2 Å². The second-order valence-corrected chi connectivity index (χ2v) is 11.3. The van der Waals surface area contributed by atoms with Gasteiger partial charge in [0.1, 0.15) is 18.3 Å². The first-order chi connectivity index (χ1) is 14.6. The molecule has 9 heteroatoms. The summed E-state index contributed by atoms with van der Waals surface area (Å²) >= 11 is 0. The van der Waals surface area contributed by atoms with E-state index in [0.29, 0.717) is 4.90 Å². The molecule has 0 bridgehead atoms. The number of fused-ring (bicyclic) bond motifs is 1. The van der Waals surface area contributed by atoms with Gasteiger partial charge in [0.2, 0.25) is 0 Å². The summed E-state index contributed by atoms with van der Waals surface area (Å²) in [5, 5.41) is 0. The van der Waals surface area contributed by atoms with Crippen molar-refractivity contribution in [2.75, 3.05) is 0 Å². The smallest absolute Gasteiger partial charge is 0.297 e. The van der Waals surface area contributed by atoms with Gasteiger partial charge >= 0.3 is 0 Å². The van der Waals surface area contributed by atoms with Crippen LogP contribution in [0.15, 0.2) is 64.4 Å². The summed E-state index contributed by atoms with van der Waals surface area (Å²) in [5.74, 6) is -1.00. The van der Waals surface area contributed by atoms with E-state index in [1.165, 1.54) is 12.1 Å². The lowest BCUT2D eigenvalue weighted by atomic mass is 10.0. The quantitative estimate of drug-likeness (QED) is 0.626. The minimum Gasteiger partial charge on any atom is -0.356 e. The second-order valence-electron chi connectivity index (χ2n) is 8.21. The lowest BCUT2D eigenvalue weighted by Gasteiger charge is -2.39. The lowest BCUT2D eigenvalue weighted by molar-refractivity contribution is -0.153. The molecule has 0 aliphatic carbocycles. The molecule has 2 saturated heterocycles. The highest BCUT2D eigenvalue weighted by atomic mass is 32.2. The van der Waals surface area contributed by atoms with Crippen LogP contribution in [0.2, 0.25) is 0 Å². The number of aryl methyl sites for hydroxylation is 1. The fourth-order valence-corrected chi connectivity index (χ4v) is 6.38. The highest BCUT2D eigenvalue weighted by molar-refractivity contribution is 7.86. The summed E-state index contributed by atoms with van der Waals surface area (Å²) in [6, 6.07) is 15.4. The van der Waals surface area contributed by atoms with Crippen molar-refractivity contribution in [3.8, 4) is 0 Å². The predicted octanol–water partition coefficient (Wildman–Crippen LogP) is 3.14. The third-order valence-electron chi connectivity index (χ3n) is 5.30. The molecular formula is C22H26O7S2. The molecule has 2 heterocycles. The summed E-state index contributed by atoms with van der Waals surface area (Å²) in [5.41, 5.74) is 0.111. The van der Waals surface area contributed by atoms with Gasteiger partial charge < -0.3 is 14.2 Å². The maximum atomic E-state index is 13.2. The van der Waals surface area contributed by atoms with Crippen LogP contribution in [0, 0.1) is 6.92 Å². The molecule has 2 fully saturated rings. The van der Waals surface area contributed by atoms with Gasteiger partial charge in [-0.05, 0) is 52.0 Å². The summed E-state index contributed by atoms with van der Waals surface area (Å²) in [7, 11) is -5.61. The van der Waals surface area contributed by atoms with Crippen molar-refractivity contribution in [2.45, 2.75) is 73.1 Å². The summed E-state index contributed by atoms with van der Waals surface area (Å²) in [6.07, 6.45) is -3.18. The molecule has 0 saturated carbocycles. The first-order valence-electron chi connectivity index (χ1n) is 10.0. The van der Waals surface area contributed by atoms with E-state index in [-0.39, 0.29) is 4.90 Å². The summed E-state index contributed by atoms with van der Waals surface area (Å²) < 4.78 is 62.7. The highest BCUT2D eigenvalue weighted by Crippen LogP contribution is 2.41. The molecule has 0 amide bonds. The van der Waals surface area contributed by atoms with Gasteiger partial charge in [-0.2, -0.15) is 8.42 Å². The van der Waals surface area contributed by atoms with E-state index in [4.69, 9.17) is 18.4 Å². The highest BCUT2D eigenvalue weighted by Gasteiger charge is 2.57. The van der Waals surface area contributed by atoms with Crippen molar-refractivity contribution >= 4 is 20.9 Å². The minimum absolute atomic E-state index is 0.0509. The fourth-order valence-electron chi connectivity index (χ4n) is 3.82. The standard InChI is InChI=1S/C22H26O7S2/c1-14-10-12-17(13-11-14)31(24,25)29-18-15(2)26-21(20-19(18)27-22(3,4)28-20)30(23)16-8-6-5-7-9-16/h5-13,15,18-21H,1-4H3/t15-,18-,19+,20+,21-,30?/m1/s1. The Morgan fingerprint density at radius 3 is 2.23 bits per heavy atom. The molecule has 2 aliphatic rings. The SMILES string of the molecule is Cc1ccc(S(=O)(=O)O[C@H]2[C@@H]3OC(C)(C)O[C@@H]3[C@@H](S(=O)c3ccccc3)O[C@@H]2C)cc1. The average molecular weight is 467 g/mol. The molecule has 0 aromatic heterocycles. The monoisotopic (exact) mass is 466 g/mol. The number of rotatable bonds is 5. The van der Waals surface area contributed by atoms with E-state index in [2.05, 4.69) is 0 Å². The Morgan fingerprint density at radius 1 is 0.968 bits per heavy atom. The van der Waals surface area contributed by atoms with Crippen molar-refractivity contribution in [3.63, 3.8) is 0 Å². The van der Waals surface area contributed by atoms with Gasteiger partial charge in [-0.1, -0.05) is 35.9 Å². The number of hydrogen-bond donors (Lipinski definition) is 0. The van der Waals surface area contributed by atoms with E-state index in [0.717, 1.165) is 5.56 Å². The van der Waals surface area contributed by atoms with Crippen LogP contribution in [0.4, 0.5) is 0 Å². The van der Waals surface area contributed by atoms with Crippen molar-refractivity contribution in [1.82, 2.24) is 0 Å². The molecule has 0 spiro atoms. The van der Waals surface area contributed by atoms with E-state index in [1.54, 1.807) is 57.2 Å². The van der Waals surface area contributed by atoms with Gasteiger partial charge in [0.15, 0.2) is 11.2 Å². The fraction of sp³-hybridized carbons (Fsp3) is 0.455. The normalized spacial score (nSPS) is 31.2. The molecule has 2 aromatic carbocycles. The molecule has 0 N–H and O–H groups in total. The first-order valence-corrected chi connectivity index (χ1v) is 12.7. The summed E-state index contributed by atoms with van der Waals surface area (Å²) in [4.78, 5) is 0.647. The molecule has 2 aliphatic heterocycles. The van der Waals surface area contributed by atoms with Crippen LogP contribution in [0.25, 0.3) is 0 Å². The topological polar surface area (TPSA) is 88.1 Å². The van der Waals surface area contributed by atoms with E-state index in [9.17, 15) is 12.6 Å².